The van der Waals surface area contributed by atoms with Crippen molar-refractivity contribution in [2.45, 2.75) is 31.5 Å². The Kier molecular flexibility index (Phi) is 2.80. The highest BCUT2D eigenvalue weighted by atomic mass is 16.6. The first-order valence-corrected chi connectivity index (χ1v) is 3.62. The summed E-state index contributed by atoms with van der Waals surface area (Å²) < 4.78 is 5.14. The zero-order valence-electron chi connectivity index (χ0n) is 6.40. The van der Waals surface area contributed by atoms with Crippen LogP contribution >= 0.6 is 0 Å². The van der Waals surface area contributed by atoms with Gasteiger partial charge in [-0.05, 0) is 6.92 Å². The van der Waals surface area contributed by atoms with Crippen LogP contribution in [0.5, 0.6) is 0 Å². The molecule has 5 heteroatoms. The Hall–Kier alpha value is -0.200. The van der Waals surface area contributed by atoms with Crippen molar-refractivity contribution in [1.82, 2.24) is 5.32 Å². The lowest BCUT2D eigenvalue weighted by Crippen LogP contribution is -2.43. The van der Waals surface area contributed by atoms with Crippen LogP contribution in [-0.2, 0) is 4.74 Å². The van der Waals surface area contributed by atoms with Crippen LogP contribution in [0.15, 0.2) is 0 Å². The highest BCUT2D eigenvalue weighted by Crippen LogP contribution is 2.18. The molecule has 0 radical (unpaired) electrons. The summed E-state index contributed by atoms with van der Waals surface area (Å²) in [5, 5.41) is 21.2. The smallest absolute Gasteiger partial charge is 0.138 e. The minimum Gasteiger partial charge on any atom is -0.388 e. The molecule has 0 aromatic rings. The molecule has 5 N–H and O–H groups in total. The van der Waals surface area contributed by atoms with E-state index in [0.717, 1.165) is 0 Å². The van der Waals surface area contributed by atoms with Gasteiger partial charge in [0.2, 0.25) is 0 Å². The van der Waals surface area contributed by atoms with Crippen molar-refractivity contribution in [2.24, 2.45) is 5.73 Å². The monoisotopic (exact) mass is 162 g/mol. The zero-order chi connectivity index (χ0) is 8.43. The third-order valence-corrected chi connectivity index (χ3v) is 1.82. The minimum absolute atomic E-state index is 0.223. The minimum atomic E-state index is -0.881. The third-order valence-electron chi connectivity index (χ3n) is 1.82. The van der Waals surface area contributed by atoms with Crippen LogP contribution in [0.4, 0.5) is 0 Å². The number of nitrogens with two attached hydrogens (primary N) is 1. The van der Waals surface area contributed by atoms with Gasteiger partial charge in [0.15, 0.2) is 0 Å². The van der Waals surface area contributed by atoms with Gasteiger partial charge in [-0.1, -0.05) is 0 Å². The van der Waals surface area contributed by atoms with Crippen molar-refractivity contribution in [3.05, 3.63) is 0 Å². The third kappa shape index (κ3) is 1.69. The number of hydrogen-bond acceptors (Lipinski definition) is 5. The molecule has 1 heterocycles. The summed E-state index contributed by atoms with van der Waals surface area (Å²) in [5.74, 6) is 0. The van der Waals surface area contributed by atoms with E-state index in [-0.39, 0.29) is 12.8 Å². The van der Waals surface area contributed by atoms with Gasteiger partial charge in [0.25, 0.3) is 0 Å². The van der Waals surface area contributed by atoms with E-state index >= 15 is 0 Å². The Labute approximate surface area is 65.1 Å². The van der Waals surface area contributed by atoms with Crippen molar-refractivity contribution >= 4 is 0 Å². The molecule has 1 rings (SSSR count). The van der Waals surface area contributed by atoms with Gasteiger partial charge >= 0.3 is 0 Å². The van der Waals surface area contributed by atoms with Gasteiger partial charge in [-0.2, -0.15) is 0 Å². The van der Waals surface area contributed by atoms with E-state index in [2.05, 4.69) is 5.32 Å². The van der Waals surface area contributed by atoms with Crippen molar-refractivity contribution in [3.8, 4) is 0 Å². The molecular weight excluding hydrogens is 148 g/mol. The number of aliphatic hydroxyl groups excluding tert-OH is 2. The first-order valence-electron chi connectivity index (χ1n) is 3.62. The van der Waals surface area contributed by atoms with E-state index < -0.39 is 18.4 Å². The van der Waals surface area contributed by atoms with Gasteiger partial charge in [0, 0.05) is 6.67 Å². The fraction of sp³-hybridized carbons (Fsp3) is 1.00. The molecule has 1 aliphatic heterocycles. The molecule has 1 aliphatic rings. The fourth-order valence-corrected chi connectivity index (χ4v) is 1.13. The molecule has 0 bridgehead atoms. The Bertz CT molecular complexity index is 133. The summed E-state index contributed by atoms with van der Waals surface area (Å²) in [6, 6.07) is 0. The number of hydrogen-bond donors (Lipinski definition) is 4. The second kappa shape index (κ2) is 3.46. The lowest BCUT2D eigenvalue weighted by molar-refractivity contribution is -0.00441. The molecular formula is C6H14N2O3. The summed E-state index contributed by atoms with van der Waals surface area (Å²) >= 11 is 0. The van der Waals surface area contributed by atoms with E-state index in [1.165, 1.54) is 0 Å². The molecule has 0 aliphatic carbocycles. The van der Waals surface area contributed by atoms with E-state index in [1.807, 2.05) is 0 Å². The molecule has 0 aromatic heterocycles. The number of aliphatic hydroxyl groups is 2. The average Bonchev–Trinajstić information content (AvgIpc) is 2.19. The van der Waals surface area contributed by atoms with Crippen LogP contribution in [0, 0.1) is 0 Å². The predicted molar refractivity (Wildman–Crippen MR) is 38.5 cm³/mol. The van der Waals surface area contributed by atoms with E-state index in [0.29, 0.717) is 0 Å². The maximum Gasteiger partial charge on any atom is 0.138 e. The molecule has 4 atom stereocenters. The van der Waals surface area contributed by atoms with E-state index in [4.69, 9.17) is 10.5 Å². The lowest BCUT2D eigenvalue weighted by atomic mass is 10.1. The van der Waals surface area contributed by atoms with Gasteiger partial charge in [-0.15, -0.1) is 0 Å². The van der Waals surface area contributed by atoms with Crippen molar-refractivity contribution in [3.63, 3.8) is 0 Å². The zero-order valence-corrected chi connectivity index (χ0v) is 6.40. The number of nitrogens with one attached hydrogen (secondary N) is 1. The second-order valence-electron chi connectivity index (χ2n) is 2.65. The summed E-state index contributed by atoms with van der Waals surface area (Å²) in [5.41, 5.74) is 5.18. The van der Waals surface area contributed by atoms with Gasteiger partial charge in [0.1, 0.15) is 18.4 Å². The van der Waals surface area contributed by atoms with Crippen LogP contribution in [0.25, 0.3) is 0 Å². The summed E-state index contributed by atoms with van der Waals surface area (Å²) in [6.45, 7) is 1.92. The topological polar surface area (TPSA) is 87.7 Å². The first kappa shape index (κ1) is 8.89. The van der Waals surface area contributed by atoms with Crippen molar-refractivity contribution in [2.75, 3.05) is 6.67 Å². The number of rotatable bonds is 2. The highest BCUT2D eigenvalue weighted by Gasteiger charge is 2.39. The Morgan fingerprint density at radius 3 is 2.45 bits per heavy atom. The molecule has 0 aromatic carbocycles. The SMILES string of the molecule is C[C@@H]1O[C@H](NCN)[C@H](O)C1O. The first-order chi connectivity index (χ1) is 5.16. The van der Waals surface area contributed by atoms with Gasteiger partial charge in [-0.25, -0.2) is 0 Å². The van der Waals surface area contributed by atoms with Crippen LogP contribution in [0.2, 0.25) is 0 Å². The Morgan fingerprint density at radius 2 is 2.09 bits per heavy atom. The molecule has 1 fully saturated rings. The lowest BCUT2D eigenvalue weighted by Gasteiger charge is -2.14. The highest BCUT2D eigenvalue weighted by molar-refractivity contribution is 4.86. The maximum absolute atomic E-state index is 9.27. The van der Waals surface area contributed by atoms with Gasteiger partial charge in [0.05, 0.1) is 6.10 Å². The van der Waals surface area contributed by atoms with Gasteiger partial charge in [-0.3, -0.25) is 5.32 Å². The summed E-state index contributed by atoms with van der Waals surface area (Å²) in [4.78, 5) is 0. The fourth-order valence-electron chi connectivity index (χ4n) is 1.13. The molecule has 0 saturated carbocycles. The molecule has 0 spiro atoms. The molecule has 5 nitrogen and oxygen atoms in total. The summed E-state index contributed by atoms with van der Waals surface area (Å²) in [7, 11) is 0. The van der Waals surface area contributed by atoms with Crippen LogP contribution in [0.3, 0.4) is 0 Å². The molecule has 0 amide bonds. The Balaban J connectivity index is 2.45. The molecule has 66 valence electrons. The molecule has 1 unspecified atom stereocenters. The van der Waals surface area contributed by atoms with Crippen LogP contribution in [-0.4, -0.2) is 41.4 Å². The van der Waals surface area contributed by atoms with Gasteiger partial charge < -0.3 is 20.7 Å². The Morgan fingerprint density at radius 1 is 1.45 bits per heavy atom. The predicted octanol–water partition coefficient (Wildman–Crippen LogP) is -2.04. The van der Waals surface area contributed by atoms with E-state index in [9.17, 15) is 10.2 Å². The molecule has 1 saturated heterocycles. The normalized spacial score (nSPS) is 44.7. The van der Waals surface area contributed by atoms with Crippen molar-refractivity contribution in [1.29, 1.82) is 0 Å². The molecule has 11 heavy (non-hydrogen) atoms. The van der Waals surface area contributed by atoms with Crippen molar-refractivity contribution < 1.29 is 14.9 Å². The van der Waals surface area contributed by atoms with Crippen LogP contribution in [0.1, 0.15) is 6.92 Å². The standard InChI is InChI=1S/C6H14N2O3/c1-3-4(9)5(10)6(11-3)8-2-7/h3-6,8-10H,2,7H2,1H3/t3-,4?,5+,6-/m0/s1. The quantitative estimate of drug-likeness (QED) is 0.351. The number of ether oxygens (including phenoxy) is 1. The largest absolute Gasteiger partial charge is 0.388 e. The van der Waals surface area contributed by atoms with Crippen LogP contribution < -0.4 is 11.1 Å². The van der Waals surface area contributed by atoms with E-state index in [1.54, 1.807) is 6.92 Å². The average molecular weight is 162 g/mol. The summed E-state index contributed by atoms with van der Waals surface area (Å²) in [6.07, 6.45) is -2.58. The second-order valence-corrected chi connectivity index (χ2v) is 2.65. The maximum atomic E-state index is 9.27.